The number of benzene rings is 7. The van der Waals surface area contributed by atoms with Gasteiger partial charge in [0.15, 0.2) is 17.5 Å². The van der Waals surface area contributed by atoms with Crippen molar-refractivity contribution in [2.45, 2.75) is 0 Å². The number of hydrogen-bond donors (Lipinski definition) is 0. The third kappa shape index (κ3) is 4.67. The molecular formula is C45H27N3O2. The molecule has 0 fully saturated rings. The van der Waals surface area contributed by atoms with E-state index in [1.165, 1.54) is 0 Å². The third-order valence-corrected chi connectivity index (χ3v) is 8.85. The summed E-state index contributed by atoms with van der Waals surface area (Å²) in [4.78, 5) is 14.5. The first-order valence-corrected chi connectivity index (χ1v) is 16.1. The van der Waals surface area contributed by atoms with Crippen LogP contribution in [0.15, 0.2) is 172 Å². The Labute approximate surface area is 295 Å². The Bertz CT molecular complexity index is 3220. The molecule has 0 N–H and O–H groups in total. The molecule has 5 heteroatoms. The first kappa shape index (κ1) is 22.7. The van der Waals surface area contributed by atoms with E-state index >= 15 is 0 Å². The van der Waals surface area contributed by atoms with Gasteiger partial charge in [-0.15, -0.1) is 0 Å². The molecule has 234 valence electrons. The lowest BCUT2D eigenvalue weighted by Gasteiger charge is -2.09. The van der Waals surface area contributed by atoms with Crippen molar-refractivity contribution in [1.29, 1.82) is 0 Å². The maximum atomic E-state index is 9.54. The molecule has 10 rings (SSSR count). The van der Waals surface area contributed by atoms with Crippen LogP contribution < -0.4 is 0 Å². The maximum absolute atomic E-state index is 9.54. The Morgan fingerprint density at radius 2 is 1.08 bits per heavy atom. The molecule has 3 aromatic heterocycles. The van der Waals surface area contributed by atoms with E-state index in [1.807, 2.05) is 121 Å². The van der Waals surface area contributed by atoms with Crippen LogP contribution in [0.3, 0.4) is 0 Å². The lowest BCUT2D eigenvalue weighted by atomic mass is 9.97. The molecule has 7 aromatic carbocycles. The van der Waals surface area contributed by atoms with Gasteiger partial charge in [0.25, 0.3) is 0 Å². The van der Waals surface area contributed by atoms with Gasteiger partial charge in [0.05, 0.1) is 8.22 Å². The summed E-state index contributed by atoms with van der Waals surface area (Å²) in [7, 11) is 0. The van der Waals surface area contributed by atoms with Gasteiger partial charge in [0, 0.05) is 43.8 Å². The largest absolute Gasteiger partial charge is 0.456 e. The molecular weight excluding hydrogens is 615 g/mol. The summed E-state index contributed by atoms with van der Waals surface area (Å²) in [5, 5.41) is 1.63. The highest BCUT2D eigenvalue weighted by Crippen LogP contribution is 2.42. The Morgan fingerprint density at radius 3 is 1.92 bits per heavy atom. The Kier molecular flexibility index (Phi) is 5.17. The smallest absolute Gasteiger partial charge is 0.164 e. The number of furan rings is 2. The van der Waals surface area contributed by atoms with Crippen molar-refractivity contribution in [1.82, 2.24) is 15.0 Å². The van der Waals surface area contributed by atoms with E-state index in [-0.39, 0.29) is 75.1 Å². The van der Waals surface area contributed by atoms with E-state index in [9.17, 15) is 4.11 Å². The highest BCUT2D eigenvalue weighted by Gasteiger charge is 2.19. The molecule has 0 atom stereocenters. The number of para-hydroxylation sites is 2. The molecule has 5 nitrogen and oxygen atoms in total. The fourth-order valence-electron chi connectivity index (χ4n) is 6.50. The average Bonchev–Trinajstić information content (AvgIpc) is 3.83. The number of rotatable bonds is 5. The molecule has 10 aromatic rings. The van der Waals surface area contributed by atoms with E-state index in [0.29, 0.717) is 44.9 Å². The molecule has 0 unspecified atom stereocenters. The molecule has 0 aliphatic carbocycles. The average molecular weight is 648 g/mol. The van der Waals surface area contributed by atoms with Crippen LogP contribution >= 0.6 is 0 Å². The summed E-state index contributed by atoms with van der Waals surface area (Å²) < 4.78 is 67.8. The van der Waals surface area contributed by atoms with E-state index < -0.39 is 0 Å². The Hall–Kier alpha value is -6.85. The van der Waals surface area contributed by atoms with Crippen LogP contribution in [0.25, 0.3) is 100 Å². The second-order valence-corrected chi connectivity index (χ2v) is 11.9. The number of fused-ring (bicyclic) bond motifs is 6. The quantitative estimate of drug-likeness (QED) is 0.186. The minimum Gasteiger partial charge on any atom is -0.456 e. The molecule has 0 bridgehead atoms. The monoisotopic (exact) mass is 647 g/mol. The van der Waals surface area contributed by atoms with E-state index in [2.05, 4.69) is 0 Å². The van der Waals surface area contributed by atoms with Gasteiger partial charge in [0.2, 0.25) is 0 Å². The van der Waals surface area contributed by atoms with E-state index in [1.54, 1.807) is 6.07 Å². The molecule has 0 aliphatic rings. The first-order chi connectivity index (χ1) is 27.3. The van der Waals surface area contributed by atoms with Crippen molar-refractivity contribution >= 4 is 43.9 Å². The predicted octanol–water partition coefficient (Wildman–Crippen LogP) is 12.0. The van der Waals surface area contributed by atoms with Crippen LogP contribution in [-0.2, 0) is 0 Å². The summed E-state index contributed by atoms with van der Waals surface area (Å²) in [5.41, 5.74) is 5.30. The van der Waals surface area contributed by atoms with Gasteiger partial charge in [-0.2, -0.15) is 0 Å². The third-order valence-electron chi connectivity index (χ3n) is 8.85. The standard InChI is InChI=1S/C45H27N3O2/c1-3-12-28(13-4-1)30-16-9-17-31(26-30)44-46-43(29-14-5-2-6-15-29)47-45(48-44)32-24-25-33-35-20-10-21-36(42(35)50-40(33)27-32)34-19-11-23-39-41(34)37-18-7-8-22-38(37)49-39/h1-27H/i10D,20D,21D,24D,25D,27D. The van der Waals surface area contributed by atoms with Crippen molar-refractivity contribution in [2.24, 2.45) is 0 Å². The van der Waals surface area contributed by atoms with E-state index in [4.69, 9.17) is 27.9 Å². The zero-order valence-electron chi connectivity index (χ0n) is 32.3. The molecule has 0 aliphatic heterocycles. The van der Waals surface area contributed by atoms with Crippen LogP contribution in [0.1, 0.15) is 8.22 Å². The second-order valence-electron chi connectivity index (χ2n) is 11.9. The Morgan fingerprint density at radius 1 is 0.420 bits per heavy atom. The Balaban J connectivity index is 1.24. The van der Waals surface area contributed by atoms with Crippen LogP contribution in [0.2, 0.25) is 0 Å². The topological polar surface area (TPSA) is 65.0 Å². The summed E-state index contributed by atoms with van der Waals surface area (Å²) in [6, 6.07) is 38.2. The zero-order valence-corrected chi connectivity index (χ0v) is 26.3. The number of nitrogens with zero attached hydrogens (tertiary/aromatic N) is 3. The second kappa shape index (κ2) is 11.4. The van der Waals surface area contributed by atoms with Crippen molar-refractivity contribution < 1.29 is 17.1 Å². The lowest BCUT2D eigenvalue weighted by molar-refractivity contribution is 0.668. The van der Waals surface area contributed by atoms with Crippen LogP contribution in [0.5, 0.6) is 0 Å². The number of hydrogen-bond acceptors (Lipinski definition) is 5. The molecule has 0 saturated heterocycles. The van der Waals surface area contributed by atoms with Crippen LogP contribution in [0, 0.1) is 0 Å². The van der Waals surface area contributed by atoms with Crippen molar-refractivity contribution in [3.63, 3.8) is 0 Å². The highest BCUT2D eigenvalue weighted by atomic mass is 16.3. The molecule has 50 heavy (non-hydrogen) atoms. The SMILES string of the molecule is [2H]c1c([2H])c([2H])c2c(oc3c([2H])c(-c4nc(-c5ccccc5)nc(-c5cccc(-c6ccccc6)c5)n4)c([2H])c([2H])c32)c1-c1cccc2oc3ccccc3c12. The predicted molar refractivity (Wildman–Crippen MR) is 202 cm³/mol. The maximum Gasteiger partial charge on any atom is 0.164 e. The van der Waals surface area contributed by atoms with Gasteiger partial charge in [0.1, 0.15) is 22.3 Å². The summed E-state index contributed by atoms with van der Waals surface area (Å²) in [6.45, 7) is 0. The van der Waals surface area contributed by atoms with Crippen molar-refractivity contribution in [3.05, 3.63) is 164 Å². The summed E-state index contributed by atoms with van der Waals surface area (Å²) in [6.07, 6.45) is 0. The van der Waals surface area contributed by atoms with Gasteiger partial charge in [-0.1, -0.05) is 133 Å². The lowest BCUT2D eigenvalue weighted by Crippen LogP contribution is -2.00. The fraction of sp³-hybridized carbons (Fsp3) is 0. The zero-order chi connectivity index (χ0) is 38.2. The molecule has 0 radical (unpaired) electrons. The van der Waals surface area contributed by atoms with Gasteiger partial charge in [-0.3, -0.25) is 0 Å². The van der Waals surface area contributed by atoms with Crippen molar-refractivity contribution in [3.8, 4) is 56.4 Å². The minimum absolute atomic E-state index is 0.00754. The summed E-state index contributed by atoms with van der Waals surface area (Å²) >= 11 is 0. The first-order valence-electron chi connectivity index (χ1n) is 19.1. The van der Waals surface area contributed by atoms with Crippen LogP contribution in [0.4, 0.5) is 0 Å². The van der Waals surface area contributed by atoms with Gasteiger partial charge >= 0.3 is 0 Å². The fourth-order valence-corrected chi connectivity index (χ4v) is 6.50. The summed E-state index contributed by atoms with van der Waals surface area (Å²) in [5.74, 6) is 0.642. The van der Waals surface area contributed by atoms with E-state index in [0.717, 1.165) is 16.5 Å². The number of aromatic nitrogens is 3. The molecule has 0 amide bonds. The van der Waals surface area contributed by atoms with Crippen LogP contribution in [-0.4, -0.2) is 15.0 Å². The molecule has 0 spiro atoms. The van der Waals surface area contributed by atoms with Crippen molar-refractivity contribution in [2.75, 3.05) is 0 Å². The normalized spacial score (nSPS) is 13.3. The van der Waals surface area contributed by atoms with Gasteiger partial charge in [-0.05, 0) is 47.0 Å². The molecule has 3 heterocycles. The van der Waals surface area contributed by atoms with Gasteiger partial charge in [-0.25, -0.2) is 15.0 Å². The highest BCUT2D eigenvalue weighted by molar-refractivity contribution is 6.17. The minimum atomic E-state index is -0.367. The van der Waals surface area contributed by atoms with Gasteiger partial charge < -0.3 is 8.83 Å². The molecule has 0 saturated carbocycles.